The maximum atomic E-state index is 12.7. The molecule has 1 aromatic rings. The third-order valence-corrected chi connectivity index (χ3v) is 6.03. The second-order valence-corrected chi connectivity index (χ2v) is 7.46. The first-order chi connectivity index (χ1) is 10.7. The van der Waals surface area contributed by atoms with Gasteiger partial charge in [0.2, 0.25) is 5.91 Å². The second kappa shape index (κ2) is 6.82. The minimum absolute atomic E-state index is 0.0632. The molecule has 5 heteroatoms. The number of thiophene rings is 1. The Labute approximate surface area is 135 Å². The Kier molecular flexibility index (Phi) is 4.81. The van der Waals surface area contributed by atoms with Gasteiger partial charge in [0.15, 0.2) is 0 Å². The molecule has 0 saturated carbocycles. The van der Waals surface area contributed by atoms with Gasteiger partial charge >= 0.3 is 0 Å². The average Bonchev–Trinajstić information content (AvgIpc) is 2.78. The van der Waals surface area contributed by atoms with Gasteiger partial charge in [0.25, 0.3) is 5.91 Å². The Bertz CT molecular complexity index is 559. The summed E-state index contributed by atoms with van der Waals surface area (Å²) in [4.78, 5) is 28.7. The zero-order valence-corrected chi connectivity index (χ0v) is 14.0. The van der Waals surface area contributed by atoms with Crippen LogP contribution in [0.1, 0.15) is 52.2 Å². The molecule has 1 fully saturated rings. The number of aryl methyl sites for hydroxylation is 1. The van der Waals surface area contributed by atoms with Gasteiger partial charge in [0, 0.05) is 30.9 Å². The van der Waals surface area contributed by atoms with E-state index < -0.39 is 0 Å². The summed E-state index contributed by atoms with van der Waals surface area (Å²) in [6.07, 6.45) is 7.30. The van der Waals surface area contributed by atoms with E-state index in [9.17, 15) is 9.59 Å². The van der Waals surface area contributed by atoms with Crippen molar-refractivity contribution in [2.75, 3.05) is 20.1 Å². The van der Waals surface area contributed by atoms with Crippen molar-refractivity contribution in [3.63, 3.8) is 0 Å². The molecule has 1 atom stereocenters. The predicted molar refractivity (Wildman–Crippen MR) is 88.3 cm³/mol. The summed E-state index contributed by atoms with van der Waals surface area (Å²) in [5.41, 5.74) is 1.21. The van der Waals surface area contributed by atoms with E-state index in [-0.39, 0.29) is 17.7 Å². The first-order valence-electron chi connectivity index (χ1n) is 8.31. The van der Waals surface area contributed by atoms with Crippen LogP contribution in [0, 0.1) is 5.92 Å². The predicted octanol–water partition coefficient (Wildman–Crippen LogP) is 2.62. The smallest absolute Gasteiger partial charge is 0.263 e. The number of carbonyl (C=O) groups excluding carboxylic acids is 2. The van der Waals surface area contributed by atoms with Crippen molar-refractivity contribution in [3.05, 3.63) is 21.4 Å². The number of carbonyl (C=O) groups is 2. The maximum Gasteiger partial charge on any atom is 0.263 e. The normalized spacial score (nSPS) is 21.9. The van der Waals surface area contributed by atoms with Gasteiger partial charge in [0.1, 0.15) is 0 Å². The number of likely N-dealkylation sites (tertiary alicyclic amines) is 1. The summed E-state index contributed by atoms with van der Waals surface area (Å²) in [6.45, 7) is 1.78. The van der Waals surface area contributed by atoms with E-state index in [1.807, 2.05) is 11.0 Å². The van der Waals surface area contributed by atoms with E-state index in [1.54, 1.807) is 18.4 Å². The van der Waals surface area contributed by atoms with Crippen molar-refractivity contribution in [3.8, 4) is 0 Å². The summed E-state index contributed by atoms with van der Waals surface area (Å²) >= 11 is 1.64. The van der Waals surface area contributed by atoms with E-state index in [4.69, 9.17) is 0 Å². The molecule has 1 aliphatic carbocycles. The molecule has 1 aromatic heterocycles. The fraction of sp³-hybridized carbons (Fsp3) is 0.647. The summed E-state index contributed by atoms with van der Waals surface area (Å²) in [7, 11) is 1.69. The molecule has 0 bridgehead atoms. The van der Waals surface area contributed by atoms with Gasteiger partial charge < -0.3 is 10.2 Å². The van der Waals surface area contributed by atoms with Crippen molar-refractivity contribution < 1.29 is 9.59 Å². The summed E-state index contributed by atoms with van der Waals surface area (Å²) in [6, 6.07) is 2.04. The first-order valence-corrected chi connectivity index (χ1v) is 9.13. The molecule has 3 rings (SSSR count). The molecule has 2 amide bonds. The van der Waals surface area contributed by atoms with Crippen LogP contribution in [0.2, 0.25) is 0 Å². The molecule has 1 aliphatic heterocycles. The molecule has 0 unspecified atom stereocenters. The fourth-order valence-corrected chi connectivity index (χ4v) is 4.66. The van der Waals surface area contributed by atoms with Crippen LogP contribution in [-0.2, 0) is 17.6 Å². The highest BCUT2D eigenvalue weighted by molar-refractivity contribution is 7.14. The fourth-order valence-electron chi connectivity index (χ4n) is 3.49. The monoisotopic (exact) mass is 320 g/mol. The van der Waals surface area contributed by atoms with Gasteiger partial charge in [-0.3, -0.25) is 9.59 Å². The lowest BCUT2D eigenvalue weighted by atomic mass is 9.88. The third-order valence-electron chi connectivity index (χ3n) is 4.80. The number of nitrogens with one attached hydrogen (secondary N) is 1. The number of nitrogens with zero attached hydrogens (tertiary/aromatic N) is 1. The average molecular weight is 320 g/mol. The van der Waals surface area contributed by atoms with Crippen LogP contribution in [0.15, 0.2) is 6.07 Å². The van der Waals surface area contributed by atoms with Gasteiger partial charge in [0.05, 0.1) is 4.88 Å². The standard InChI is InChI=1S/C17H24N2O2S/c1-18-16(20)12-6-7-14-13(10-12)11-15(22-14)17(21)19-8-4-2-3-5-9-19/h11-12H,2-10H2,1H3,(H,18,20)/t12-/m0/s1. The van der Waals surface area contributed by atoms with Crippen LogP contribution in [0.25, 0.3) is 0 Å². The van der Waals surface area contributed by atoms with Gasteiger partial charge in [-0.05, 0) is 43.7 Å². The van der Waals surface area contributed by atoms with Crippen LogP contribution >= 0.6 is 11.3 Å². The molecule has 2 heterocycles. The van der Waals surface area contributed by atoms with E-state index >= 15 is 0 Å². The van der Waals surface area contributed by atoms with Crippen molar-refractivity contribution in [2.45, 2.75) is 44.9 Å². The molecular weight excluding hydrogens is 296 g/mol. The maximum absolute atomic E-state index is 12.7. The second-order valence-electron chi connectivity index (χ2n) is 6.32. The van der Waals surface area contributed by atoms with Crippen LogP contribution in [0.5, 0.6) is 0 Å². The molecule has 4 nitrogen and oxygen atoms in total. The molecule has 2 aliphatic rings. The summed E-state index contributed by atoms with van der Waals surface area (Å²) in [5.74, 6) is 0.378. The number of amides is 2. The number of hydrogen-bond donors (Lipinski definition) is 1. The van der Waals surface area contributed by atoms with E-state index in [2.05, 4.69) is 5.32 Å². The molecule has 22 heavy (non-hydrogen) atoms. The zero-order valence-electron chi connectivity index (χ0n) is 13.2. The zero-order chi connectivity index (χ0) is 15.5. The summed E-state index contributed by atoms with van der Waals surface area (Å²) in [5, 5.41) is 2.74. The van der Waals surface area contributed by atoms with Crippen LogP contribution in [-0.4, -0.2) is 36.9 Å². The lowest BCUT2D eigenvalue weighted by Gasteiger charge is -2.20. The Morgan fingerprint density at radius 3 is 2.64 bits per heavy atom. The van der Waals surface area contributed by atoms with Crippen LogP contribution < -0.4 is 5.32 Å². The van der Waals surface area contributed by atoms with Gasteiger partial charge in [-0.1, -0.05) is 12.8 Å². The third kappa shape index (κ3) is 3.19. The van der Waals surface area contributed by atoms with E-state index in [1.165, 1.54) is 23.3 Å². The highest BCUT2D eigenvalue weighted by Gasteiger charge is 2.28. The Hall–Kier alpha value is -1.36. The Balaban J connectivity index is 1.73. The minimum atomic E-state index is 0.0632. The molecule has 1 N–H and O–H groups in total. The molecular formula is C17H24N2O2S. The largest absolute Gasteiger partial charge is 0.359 e. The van der Waals surface area contributed by atoms with Crippen molar-refractivity contribution in [1.29, 1.82) is 0 Å². The molecule has 120 valence electrons. The van der Waals surface area contributed by atoms with E-state index in [0.717, 1.165) is 50.1 Å². The van der Waals surface area contributed by atoms with Gasteiger partial charge in [-0.2, -0.15) is 0 Å². The SMILES string of the molecule is CNC(=O)[C@H]1CCc2sc(C(=O)N3CCCCCC3)cc2C1. The molecule has 0 radical (unpaired) electrons. The van der Waals surface area contributed by atoms with Gasteiger partial charge in [-0.15, -0.1) is 11.3 Å². The highest BCUT2D eigenvalue weighted by atomic mass is 32.1. The minimum Gasteiger partial charge on any atom is -0.359 e. The van der Waals surface area contributed by atoms with Crippen molar-refractivity contribution >= 4 is 23.2 Å². The lowest BCUT2D eigenvalue weighted by molar-refractivity contribution is -0.124. The number of hydrogen-bond acceptors (Lipinski definition) is 3. The molecule has 0 spiro atoms. The Morgan fingerprint density at radius 2 is 1.95 bits per heavy atom. The van der Waals surface area contributed by atoms with Crippen LogP contribution in [0.4, 0.5) is 0 Å². The molecule has 0 aromatic carbocycles. The van der Waals surface area contributed by atoms with Crippen molar-refractivity contribution in [1.82, 2.24) is 10.2 Å². The topological polar surface area (TPSA) is 49.4 Å². The highest BCUT2D eigenvalue weighted by Crippen LogP contribution is 2.33. The van der Waals surface area contributed by atoms with Crippen LogP contribution in [0.3, 0.4) is 0 Å². The van der Waals surface area contributed by atoms with E-state index in [0.29, 0.717) is 0 Å². The number of fused-ring (bicyclic) bond motifs is 1. The Morgan fingerprint density at radius 1 is 1.23 bits per heavy atom. The van der Waals surface area contributed by atoms with Gasteiger partial charge in [-0.25, -0.2) is 0 Å². The molecule has 1 saturated heterocycles. The lowest BCUT2D eigenvalue weighted by Crippen LogP contribution is -2.31. The van der Waals surface area contributed by atoms with Crippen molar-refractivity contribution in [2.24, 2.45) is 5.92 Å². The number of rotatable bonds is 2. The summed E-state index contributed by atoms with van der Waals surface area (Å²) < 4.78 is 0. The quantitative estimate of drug-likeness (QED) is 0.910. The first kappa shape index (κ1) is 15.5.